The third-order valence-electron chi connectivity index (χ3n) is 5.90. The van der Waals surface area contributed by atoms with Crippen molar-refractivity contribution in [3.8, 4) is 0 Å². The number of hydrogen-bond donors (Lipinski definition) is 10. The highest BCUT2D eigenvalue weighted by molar-refractivity contribution is 7.80. The summed E-state index contributed by atoms with van der Waals surface area (Å²) in [4.78, 5) is 80.5. The first-order valence-corrected chi connectivity index (χ1v) is 13.3. The molecule has 11 N–H and O–H groups in total. The van der Waals surface area contributed by atoms with E-state index in [1.807, 2.05) is 6.07 Å². The number of carbonyl (C=O) groups excluding carboxylic acids is 5. The maximum Gasteiger partial charge on any atom is 0.326 e. The van der Waals surface area contributed by atoms with Crippen molar-refractivity contribution in [3.05, 3.63) is 54.1 Å². The van der Waals surface area contributed by atoms with Gasteiger partial charge in [0.05, 0.1) is 25.4 Å². The van der Waals surface area contributed by atoms with E-state index in [1.165, 1.54) is 12.5 Å². The average Bonchev–Trinajstić information content (AvgIpc) is 3.46. The lowest BCUT2D eigenvalue weighted by molar-refractivity contribution is -0.143. The summed E-state index contributed by atoms with van der Waals surface area (Å²) in [6, 6.07) is 2.12. The zero-order chi connectivity index (χ0) is 31.2. The number of primary amides is 1. The molecule has 16 nitrogen and oxygen atoms in total. The van der Waals surface area contributed by atoms with Crippen LogP contribution < -0.4 is 32.7 Å². The Morgan fingerprint density at radius 2 is 1.43 bits per heavy atom. The predicted molar refractivity (Wildman–Crippen MR) is 151 cm³/mol. The molecule has 5 atom stereocenters. The summed E-state index contributed by atoms with van der Waals surface area (Å²) >= 11 is 3.98. The molecule has 0 spiro atoms. The van der Waals surface area contributed by atoms with Crippen molar-refractivity contribution in [3.63, 3.8) is 0 Å². The molecule has 0 saturated carbocycles. The molecule has 5 amide bonds. The molecule has 228 valence electrons. The number of carboxylic acid groups (broad SMARTS) is 1. The van der Waals surface area contributed by atoms with Crippen molar-refractivity contribution >= 4 is 48.1 Å². The van der Waals surface area contributed by atoms with E-state index in [-0.39, 0.29) is 18.6 Å². The van der Waals surface area contributed by atoms with Crippen molar-refractivity contribution in [1.29, 1.82) is 0 Å². The highest BCUT2D eigenvalue weighted by Crippen LogP contribution is 2.05. The predicted octanol–water partition coefficient (Wildman–Crippen LogP) is -3.66. The highest BCUT2D eigenvalue weighted by Gasteiger charge is 2.32. The van der Waals surface area contributed by atoms with E-state index in [9.17, 15) is 39.0 Å². The number of hydrogen-bond acceptors (Lipinski definition) is 10. The molecule has 1 aromatic carbocycles. The standard InChI is InChI=1S/C25H34N8O8S/c26-15(6-13-4-2-1-3-5-13)21(36)30-16(7-14-9-28-12-29-14)22(37)32-18(10-34)23(38)33-19(11-42)24(39)31-17(25(40)41)8-20(27)35/h1-5,9,12,15-19,34,42H,6-8,10-11,26H2,(H2,27,35)(H,28,29)(H,30,36)(H,31,39)(H,32,37)(H,33,38)(H,40,41)/t15-,16-,17-,18-,19-/m0/s1. The van der Waals surface area contributed by atoms with Crippen molar-refractivity contribution in [2.75, 3.05) is 12.4 Å². The number of aliphatic carboxylic acids is 1. The Labute approximate surface area is 245 Å². The first-order chi connectivity index (χ1) is 19.9. The topological polar surface area (TPSA) is 272 Å². The average molecular weight is 607 g/mol. The molecule has 0 aliphatic heterocycles. The fourth-order valence-corrected chi connectivity index (χ4v) is 3.93. The molecule has 0 unspecified atom stereocenters. The van der Waals surface area contributed by atoms with Gasteiger partial charge in [-0.15, -0.1) is 0 Å². The fraction of sp³-hybridized carbons (Fsp3) is 0.400. The molecule has 1 aromatic heterocycles. The lowest BCUT2D eigenvalue weighted by Crippen LogP contribution is -2.60. The van der Waals surface area contributed by atoms with Crippen LogP contribution in [0.3, 0.4) is 0 Å². The summed E-state index contributed by atoms with van der Waals surface area (Å²) in [5.74, 6) is -6.29. The van der Waals surface area contributed by atoms with Gasteiger partial charge in [0.15, 0.2) is 0 Å². The van der Waals surface area contributed by atoms with E-state index in [4.69, 9.17) is 11.5 Å². The number of carbonyl (C=O) groups is 6. The number of nitrogens with two attached hydrogens (primary N) is 2. The largest absolute Gasteiger partial charge is 0.480 e. The summed E-state index contributed by atoms with van der Waals surface area (Å²) in [6.45, 7) is -0.893. The fourth-order valence-electron chi connectivity index (χ4n) is 3.67. The number of rotatable bonds is 17. The SMILES string of the molecule is NC(=O)C[C@H](NC(=O)[C@H](CS)NC(=O)[C@H](CO)NC(=O)[C@H](Cc1cnc[nH]1)NC(=O)[C@@H](N)Cc1ccccc1)C(=O)O. The lowest BCUT2D eigenvalue weighted by Gasteiger charge is -2.25. The van der Waals surface area contributed by atoms with Crippen molar-refractivity contribution in [1.82, 2.24) is 31.2 Å². The quantitative estimate of drug-likeness (QED) is 0.0788. The van der Waals surface area contributed by atoms with Crippen molar-refractivity contribution in [2.45, 2.75) is 49.5 Å². The minimum Gasteiger partial charge on any atom is -0.480 e. The highest BCUT2D eigenvalue weighted by atomic mass is 32.1. The Balaban J connectivity index is 2.09. The molecule has 0 bridgehead atoms. The molecule has 2 rings (SSSR count). The van der Waals surface area contributed by atoms with Gasteiger partial charge in [-0.25, -0.2) is 9.78 Å². The lowest BCUT2D eigenvalue weighted by atomic mass is 10.0. The second-order valence-corrected chi connectivity index (χ2v) is 9.56. The molecule has 0 aliphatic carbocycles. The number of aliphatic hydroxyl groups excluding tert-OH is 1. The van der Waals surface area contributed by atoms with Gasteiger partial charge in [0.2, 0.25) is 29.5 Å². The van der Waals surface area contributed by atoms with E-state index in [2.05, 4.69) is 43.9 Å². The molecule has 2 aromatic rings. The Kier molecular flexibility index (Phi) is 13.4. The smallest absolute Gasteiger partial charge is 0.326 e. The molecule has 1 heterocycles. The van der Waals surface area contributed by atoms with Crippen molar-refractivity contribution in [2.24, 2.45) is 11.5 Å². The Morgan fingerprint density at radius 1 is 0.857 bits per heavy atom. The number of imidazole rings is 1. The van der Waals surface area contributed by atoms with Crippen LogP contribution in [0.4, 0.5) is 0 Å². The minimum absolute atomic E-state index is 0.0620. The summed E-state index contributed by atoms with van der Waals surface area (Å²) in [5, 5.41) is 28.2. The first-order valence-electron chi connectivity index (χ1n) is 12.7. The van der Waals surface area contributed by atoms with Gasteiger partial charge in [-0.1, -0.05) is 30.3 Å². The number of nitrogens with one attached hydrogen (secondary N) is 5. The molecule has 0 radical (unpaired) electrons. The van der Waals surface area contributed by atoms with Crippen LogP contribution in [0.15, 0.2) is 42.9 Å². The van der Waals surface area contributed by atoms with E-state index in [0.717, 1.165) is 5.56 Å². The number of thiol groups is 1. The second kappa shape index (κ2) is 16.7. The van der Waals surface area contributed by atoms with Crippen LogP contribution in [0.1, 0.15) is 17.7 Å². The van der Waals surface area contributed by atoms with Gasteiger partial charge in [-0.05, 0) is 12.0 Å². The Hall–Kier alpha value is -4.48. The molecule has 0 aliphatic rings. The summed E-state index contributed by atoms with van der Waals surface area (Å²) in [6.07, 6.45) is 2.25. The van der Waals surface area contributed by atoms with Crippen LogP contribution in [-0.2, 0) is 41.6 Å². The van der Waals surface area contributed by atoms with Gasteiger partial charge in [-0.2, -0.15) is 12.6 Å². The van der Waals surface area contributed by atoms with Crippen LogP contribution >= 0.6 is 12.6 Å². The molecular formula is C25H34N8O8S. The monoisotopic (exact) mass is 606 g/mol. The van der Waals surface area contributed by atoms with Crippen LogP contribution in [-0.4, -0.2) is 98.3 Å². The second-order valence-electron chi connectivity index (χ2n) is 9.20. The van der Waals surface area contributed by atoms with E-state index in [1.54, 1.807) is 24.3 Å². The van der Waals surface area contributed by atoms with Crippen LogP contribution in [0.25, 0.3) is 0 Å². The minimum atomic E-state index is -1.65. The zero-order valence-electron chi connectivity index (χ0n) is 22.4. The van der Waals surface area contributed by atoms with Crippen molar-refractivity contribution < 1.29 is 39.0 Å². The first kappa shape index (κ1) is 33.7. The summed E-state index contributed by atoms with van der Waals surface area (Å²) < 4.78 is 0. The normalized spacial score (nSPS) is 14.4. The van der Waals surface area contributed by atoms with Crippen LogP contribution in [0, 0.1) is 0 Å². The number of aromatic amines is 1. The Morgan fingerprint density at radius 3 is 1.98 bits per heavy atom. The molecule has 0 saturated heterocycles. The van der Waals surface area contributed by atoms with Gasteiger partial charge in [-0.3, -0.25) is 24.0 Å². The molecular weight excluding hydrogens is 572 g/mol. The maximum absolute atomic E-state index is 13.2. The van der Waals surface area contributed by atoms with Gasteiger partial charge >= 0.3 is 5.97 Å². The van der Waals surface area contributed by atoms with E-state index in [0.29, 0.717) is 5.69 Å². The van der Waals surface area contributed by atoms with Gasteiger partial charge < -0.3 is 47.9 Å². The summed E-state index contributed by atoms with van der Waals surface area (Å²) in [7, 11) is 0. The number of aliphatic hydroxyl groups is 1. The number of amides is 5. The van der Waals surface area contributed by atoms with Crippen LogP contribution in [0.5, 0.6) is 0 Å². The van der Waals surface area contributed by atoms with Crippen LogP contribution in [0.2, 0.25) is 0 Å². The molecule has 17 heteroatoms. The maximum atomic E-state index is 13.2. The van der Waals surface area contributed by atoms with E-state index < -0.39 is 78.7 Å². The zero-order valence-corrected chi connectivity index (χ0v) is 23.3. The number of carboxylic acids is 1. The third-order valence-corrected chi connectivity index (χ3v) is 6.26. The third kappa shape index (κ3) is 10.8. The Bertz CT molecular complexity index is 1230. The van der Waals surface area contributed by atoms with Gasteiger partial charge in [0.25, 0.3) is 0 Å². The number of H-pyrrole nitrogens is 1. The summed E-state index contributed by atoms with van der Waals surface area (Å²) in [5.41, 5.74) is 12.3. The molecule has 42 heavy (non-hydrogen) atoms. The number of benzene rings is 1. The molecule has 0 fully saturated rings. The van der Waals surface area contributed by atoms with E-state index >= 15 is 0 Å². The number of nitrogens with zero attached hydrogens (tertiary/aromatic N) is 1. The van der Waals surface area contributed by atoms with Gasteiger partial charge in [0, 0.05) is 24.1 Å². The van der Waals surface area contributed by atoms with Gasteiger partial charge in [0.1, 0.15) is 24.2 Å². The number of aromatic nitrogens is 2.